The van der Waals surface area contributed by atoms with E-state index in [1.54, 1.807) is 23.1 Å². The molecule has 1 amide bonds. The van der Waals surface area contributed by atoms with Crippen molar-refractivity contribution >= 4 is 17.2 Å². The molecule has 2 aromatic heterocycles. The molecule has 25 heavy (non-hydrogen) atoms. The molecular weight excluding hydrogens is 332 g/mol. The lowest BCUT2D eigenvalue weighted by Crippen LogP contribution is -2.25. The number of unbranched alkanes of at least 4 members (excludes halogenated alkanes) is 1. The molecule has 5 nitrogen and oxygen atoms in total. The summed E-state index contributed by atoms with van der Waals surface area (Å²) in [5.41, 5.74) is 3.52. The molecule has 2 heterocycles. The van der Waals surface area contributed by atoms with Crippen LogP contribution < -0.4 is 5.32 Å². The number of benzene rings is 1. The maximum atomic E-state index is 12.4. The number of rotatable bonds is 7. The summed E-state index contributed by atoms with van der Waals surface area (Å²) < 4.78 is 1.65. The van der Waals surface area contributed by atoms with Crippen LogP contribution in [0.15, 0.2) is 41.8 Å². The molecule has 0 bridgehead atoms. The third-order valence-corrected chi connectivity index (χ3v) is 4.89. The number of hydrogen-bond donors (Lipinski definition) is 1. The van der Waals surface area contributed by atoms with Crippen LogP contribution in [0, 0.1) is 0 Å². The minimum atomic E-state index is -0.119. The highest BCUT2D eigenvalue weighted by Crippen LogP contribution is 2.23. The molecule has 0 saturated carbocycles. The molecule has 130 valence electrons. The van der Waals surface area contributed by atoms with Crippen LogP contribution >= 0.6 is 11.3 Å². The van der Waals surface area contributed by atoms with Crippen molar-refractivity contribution in [1.29, 1.82) is 0 Å². The maximum Gasteiger partial charge on any atom is 0.269 e. The largest absolute Gasteiger partial charge is 0.345 e. The third kappa shape index (κ3) is 4.33. The number of carbonyl (C=O) groups is 1. The summed E-state index contributed by atoms with van der Waals surface area (Å²) in [6, 6.07) is 11.9. The molecular formula is C19H22N4OS. The Morgan fingerprint density at radius 1 is 1.24 bits per heavy atom. The Hall–Kier alpha value is -2.47. The van der Waals surface area contributed by atoms with Gasteiger partial charge in [0.1, 0.15) is 10.7 Å². The van der Waals surface area contributed by atoms with E-state index >= 15 is 0 Å². The SMILES string of the molecule is CCCCc1cc(C(=O)NCc2csc(-c3ccccc3)n2)n(C)n1. The van der Waals surface area contributed by atoms with Crippen LogP contribution in [0.2, 0.25) is 0 Å². The Labute approximate surface area is 151 Å². The van der Waals surface area contributed by atoms with Crippen molar-refractivity contribution in [3.05, 3.63) is 58.9 Å². The molecule has 0 atom stereocenters. The second-order valence-electron chi connectivity index (χ2n) is 5.94. The zero-order chi connectivity index (χ0) is 17.6. The lowest BCUT2D eigenvalue weighted by Gasteiger charge is -2.03. The highest BCUT2D eigenvalue weighted by Gasteiger charge is 2.13. The Bertz CT molecular complexity index is 838. The fraction of sp³-hybridized carbons (Fsp3) is 0.316. The maximum absolute atomic E-state index is 12.4. The van der Waals surface area contributed by atoms with Crippen molar-refractivity contribution in [3.8, 4) is 10.6 Å². The van der Waals surface area contributed by atoms with Crippen molar-refractivity contribution in [2.45, 2.75) is 32.7 Å². The molecule has 1 aromatic carbocycles. The molecule has 0 aliphatic rings. The smallest absolute Gasteiger partial charge is 0.269 e. The number of carbonyl (C=O) groups excluding carboxylic acids is 1. The topological polar surface area (TPSA) is 59.8 Å². The van der Waals surface area contributed by atoms with E-state index in [2.05, 4.69) is 22.3 Å². The van der Waals surface area contributed by atoms with Gasteiger partial charge < -0.3 is 5.32 Å². The van der Waals surface area contributed by atoms with Gasteiger partial charge >= 0.3 is 0 Å². The summed E-state index contributed by atoms with van der Waals surface area (Å²) >= 11 is 1.59. The Kier molecular flexibility index (Phi) is 5.60. The van der Waals surface area contributed by atoms with Crippen LogP contribution in [0.1, 0.15) is 41.6 Å². The molecule has 0 radical (unpaired) electrons. The number of nitrogens with zero attached hydrogens (tertiary/aromatic N) is 3. The van der Waals surface area contributed by atoms with Gasteiger partial charge in [-0.15, -0.1) is 11.3 Å². The fourth-order valence-electron chi connectivity index (χ4n) is 2.58. The van der Waals surface area contributed by atoms with E-state index in [0.717, 1.165) is 41.2 Å². The first-order chi connectivity index (χ1) is 12.2. The standard InChI is InChI=1S/C19H22N4OS/c1-3-4-10-15-11-17(23(2)22-15)18(24)20-12-16-13-25-19(21-16)14-8-6-5-7-9-14/h5-9,11,13H,3-4,10,12H2,1-2H3,(H,20,24). The number of aryl methyl sites for hydroxylation is 2. The predicted octanol–water partition coefficient (Wildman–Crippen LogP) is 3.82. The van der Waals surface area contributed by atoms with Gasteiger partial charge in [-0.05, 0) is 18.9 Å². The van der Waals surface area contributed by atoms with E-state index in [0.29, 0.717) is 12.2 Å². The quantitative estimate of drug-likeness (QED) is 0.702. The molecule has 6 heteroatoms. The van der Waals surface area contributed by atoms with E-state index in [9.17, 15) is 4.79 Å². The van der Waals surface area contributed by atoms with E-state index in [1.165, 1.54) is 0 Å². The molecule has 1 N–H and O–H groups in total. The van der Waals surface area contributed by atoms with E-state index in [1.807, 2.05) is 41.8 Å². The van der Waals surface area contributed by atoms with E-state index < -0.39 is 0 Å². The normalized spacial score (nSPS) is 10.8. The zero-order valence-corrected chi connectivity index (χ0v) is 15.3. The molecule has 0 aliphatic carbocycles. The molecule has 3 rings (SSSR count). The highest BCUT2D eigenvalue weighted by molar-refractivity contribution is 7.13. The fourth-order valence-corrected chi connectivity index (χ4v) is 3.41. The van der Waals surface area contributed by atoms with Crippen molar-refractivity contribution in [1.82, 2.24) is 20.1 Å². The number of thiazole rings is 1. The summed E-state index contributed by atoms with van der Waals surface area (Å²) in [5, 5.41) is 10.3. The molecule has 0 unspecified atom stereocenters. The first-order valence-corrected chi connectivity index (χ1v) is 9.36. The molecule has 0 spiro atoms. The summed E-state index contributed by atoms with van der Waals surface area (Å²) in [7, 11) is 1.81. The number of amides is 1. The zero-order valence-electron chi connectivity index (χ0n) is 14.5. The molecule has 3 aromatic rings. The summed E-state index contributed by atoms with van der Waals surface area (Å²) in [6.07, 6.45) is 3.11. The van der Waals surface area contributed by atoms with Gasteiger partial charge in [-0.2, -0.15) is 5.10 Å². The molecule has 0 aliphatic heterocycles. The summed E-state index contributed by atoms with van der Waals surface area (Å²) in [6.45, 7) is 2.56. The number of aromatic nitrogens is 3. The van der Waals surface area contributed by atoms with Crippen molar-refractivity contribution in [2.75, 3.05) is 0 Å². The minimum absolute atomic E-state index is 0.119. The molecule has 0 saturated heterocycles. The van der Waals surface area contributed by atoms with Gasteiger partial charge in [0.2, 0.25) is 0 Å². The van der Waals surface area contributed by atoms with Crippen molar-refractivity contribution in [3.63, 3.8) is 0 Å². The monoisotopic (exact) mass is 354 g/mol. The van der Waals surface area contributed by atoms with Crippen molar-refractivity contribution in [2.24, 2.45) is 7.05 Å². The lowest BCUT2D eigenvalue weighted by atomic mass is 10.2. The average molecular weight is 354 g/mol. The number of nitrogens with one attached hydrogen (secondary N) is 1. The van der Waals surface area contributed by atoms with Crippen LogP contribution in [-0.4, -0.2) is 20.7 Å². The van der Waals surface area contributed by atoms with Gasteiger partial charge in [-0.1, -0.05) is 43.7 Å². The Morgan fingerprint density at radius 2 is 2.04 bits per heavy atom. The Morgan fingerprint density at radius 3 is 2.80 bits per heavy atom. The summed E-state index contributed by atoms with van der Waals surface area (Å²) in [4.78, 5) is 17.0. The van der Waals surface area contributed by atoms with Gasteiger partial charge in [0, 0.05) is 18.0 Å². The average Bonchev–Trinajstić information content (AvgIpc) is 3.25. The van der Waals surface area contributed by atoms with E-state index in [-0.39, 0.29) is 5.91 Å². The second-order valence-corrected chi connectivity index (χ2v) is 6.80. The van der Waals surface area contributed by atoms with Crippen LogP contribution in [0.25, 0.3) is 10.6 Å². The van der Waals surface area contributed by atoms with Gasteiger partial charge in [0.05, 0.1) is 17.9 Å². The highest BCUT2D eigenvalue weighted by atomic mass is 32.1. The van der Waals surface area contributed by atoms with Crippen molar-refractivity contribution < 1.29 is 4.79 Å². The van der Waals surface area contributed by atoms with Crippen LogP contribution in [0.4, 0.5) is 0 Å². The first kappa shape index (κ1) is 17.4. The predicted molar refractivity (Wildman–Crippen MR) is 101 cm³/mol. The van der Waals surface area contributed by atoms with Crippen LogP contribution in [0.5, 0.6) is 0 Å². The van der Waals surface area contributed by atoms with E-state index in [4.69, 9.17) is 0 Å². The molecule has 0 fully saturated rings. The lowest BCUT2D eigenvalue weighted by molar-refractivity contribution is 0.0941. The van der Waals surface area contributed by atoms with Gasteiger partial charge in [-0.3, -0.25) is 9.48 Å². The summed E-state index contributed by atoms with van der Waals surface area (Å²) in [5.74, 6) is -0.119. The van der Waals surface area contributed by atoms with Gasteiger partial charge in [0.15, 0.2) is 0 Å². The third-order valence-electron chi connectivity index (χ3n) is 3.95. The minimum Gasteiger partial charge on any atom is -0.345 e. The van der Waals surface area contributed by atoms with Crippen LogP contribution in [-0.2, 0) is 20.0 Å². The second kappa shape index (κ2) is 8.07. The van der Waals surface area contributed by atoms with Gasteiger partial charge in [0.25, 0.3) is 5.91 Å². The van der Waals surface area contributed by atoms with Gasteiger partial charge in [-0.25, -0.2) is 4.98 Å². The Balaban J connectivity index is 1.61. The first-order valence-electron chi connectivity index (χ1n) is 8.48. The van der Waals surface area contributed by atoms with Crippen LogP contribution in [0.3, 0.4) is 0 Å². The number of hydrogen-bond acceptors (Lipinski definition) is 4.